The van der Waals surface area contributed by atoms with E-state index in [2.05, 4.69) is 10.3 Å². The van der Waals surface area contributed by atoms with Gasteiger partial charge in [-0.2, -0.15) is 0 Å². The van der Waals surface area contributed by atoms with Gasteiger partial charge >= 0.3 is 6.03 Å². The smallest absolute Gasteiger partial charge is 0.277 e. The number of rotatable bonds is 1. The van der Waals surface area contributed by atoms with E-state index in [0.717, 1.165) is 10.3 Å². The van der Waals surface area contributed by atoms with Crippen molar-refractivity contribution in [2.75, 3.05) is 4.90 Å². The second-order valence-corrected chi connectivity index (χ2v) is 4.11. The summed E-state index contributed by atoms with van der Waals surface area (Å²) >= 11 is 0. The molecule has 1 aliphatic rings. The Hall–Kier alpha value is -2.76. The Balaban J connectivity index is 2.16. The van der Waals surface area contributed by atoms with Gasteiger partial charge in [-0.25, -0.2) is 9.69 Å². The first-order chi connectivity index (χ1) is 9.16. The quantitative estimate of drug-likeness (QED) is 0.777. The molecule has 0 atom stereocenters. The zero-order chi connectivity index (χ0) is 13.4. The fourth-order valence-electron chi connectivity index (χ4n) is 2.06. The standard InChI is InChI=1S/C13H9N3O3/c17-10-7-11(18)16(13(19)15-10)9-5-1-3-8-4-2-6-14-12(8)9/h1-6H,7H2,(H,15,17,19). The maximum absolute atomic E-state index is 11.9. The van der Waals surface area contributed by atoms with Crippen LogP contribution in [-0.2, 0) is 9.59 Å². The lowest BCUT2D eigenvalue weighted by atomic mass is 10.1. The zero-order valence-electron chi connectivity index (χ0n) is 9.79. The molecular formula is C13H9N3O3. The molecule has 1 aliphatic heterocycles. The molecule has 0 aliphatic carbocycles. The number of pyridine rings is 1. The van der Waals surface area contributed by atoms with Crippen LogP contribution in [0.1, 0.15) is 6.42 Å². The molecule has 6 heteroatoms. The SMILES string of the molecule is O=C1CC(=O)N(c2cccc3cccnc23)C(=O)N1. The van der Waals surface area contributed by atoms with Gasteiger partial charge in [0.1, 0.15) is 6.42 Å². The summed E-state index contributed by atoms with van der Waals surface area (Å²) in [7, 11) is 0. The van der Waals surface area contributed by atoms with Crippen molar-refractivity contribution in [1.29, 1.82) is 0 Å². The van der Waals surface area contributed by atoms with Gasteiger partial charge in [-0.05, 0) is 12.1 Å². The molecule has 0 spiro atoms. The van der Waals surface area contributed by atoms with E-state index in [1.54, 1.807) is 24.4 Å². The molecule has 1 fully saturated rings. The molecule has 1 aromatic carbocycles. The number of carbonyl (C=O) groups excluding carboxylic acids is 3. The highest BCUT2D eigenvalue weighted by atomic mass is 16.2. The molecule has 0 bridgehead atoms. The van der Waals surface area contributed by atoms with Crippen LogP contribution in [0.4, 0.5) is 10.5 Å². The highest BCUT2D eigenvalue weighted by Crippen LogP contribution is 2.26. The van der Waals surface area contributed by atoms with Gasteiger partial charge in [-0.3, -0.25) is 19.9 Å². The van der Waals surface area contributed by atoms with E-state index in [1.807, 2.05) is 12.1 Å². The fourth-order valence-corrected chi connectivity index (χ4v) is 2.06. The molecule has 6 nitrogen and oxygen atoms in total. The van der Waals surface area contributed by atoms with Crippen molar-refractivity contribution in [1.82, 2.24) is 10.3 Å². The average molecular weight is 255 g/mol. The summed E-state index contributed by atoms with van der Waals surface area (Å²) in [6.07, 6.45) is 1.25. The summed E-state index contributed by atoms with van der Waals surface area (Å²) in [5, 5.41) is 2.94. The van der Waals surface area contributed by atoms with Gasteiger partial charge in [0, 0.05) is 11.6 Å². The molecule has 0 radical (unpaired) electrons. The summed E-state index contributed by atoms with van der Waals surface area (Å²) < 4.78 is 0. The van der Waals surface area contributed by atoms with Crippen molar-refractivity contribution in [3.63, 3.8) is 0 Å². The number of imide groups is 2. The first-order valence-electron chi connectivity index (χ1n) is 5.67. The summed E-state index contributed by atoms with van der Waals surface area (Å²) in [5.74, 6) is -1.13. The number of fused-ring (bicyclic) bond motifs is 1. The topological polar surface area (TPSA) is 79.4 Å². The number of hydrogen-bond donors (Lipinski definition) is 1. The number of urea groups is 1. The van der Waals surface area contributed by atoms with Crippen molar-refractivity contribution in [3.05, 3.63) is 36.5 Å². The highest BCUT2D eigenvalue weighted by Gasteiger charge is 2.33. The van der Waals surface area contributed by atoms with Gasteiger partial charge in [0.15, 0.2) is 0 Å². The number of barbiturate groups is 1. The Morgan fingerprint density at radius 3 is 2.68 bits per heavy atom. The van der Waals surface area contributed by atoms with Crippen LogP contribution in [0.5, 0.6) is 0 Å². The minimum Gasteiger partial charge on any atom is -0.277 e. The van der Waals surface area contributed by atoms with Crippen molar-refractivity contribution in [2.24, 2.45) is 0 Å². The van der Waals surface area contributed by atoms with E-state index in [9.17, 15) is 14.4 Å². The molecule has 2 heterocycles. The Bertz CT molecular complexity index is 686. The van der Waals surface area contributed by atoms with Crippen LogP contribution >= 0.6 is 0 Å². The Labute approximate surface area is 108 Å². The van der Waals surface area contributed by atoms with Crippen molar-refractivity contribution >= 4 is 34.4 Å². The van der Waals surface area contributed by atoms with E-state index < -0.39 is 17.8 Å². The van der Waals surface area contributed by atoms with E-state index in [0.29, 0.717) is 11.2 Å². The summed E-state index contributed by atoms with van der Waals surface area (Å²) in [6.45, 7) is 0. The fraction of sp³-hybridized carbons (Fsp3) is 0.0769. The number of para-hydroxylation sites is 1. The van der Waals surface area contributed by atoms with Crippen LogP contribution in [0, 0.1) is 0 Å². The van der Waals surface area contributed by atoms with E-state index in [-0.39, 0.29) is 6.42 Å². The third kappa shape index (κ3) is 1.83. The first-order valence-corrected chi connectivity index (χ1v) is 5.67. The molecule has 4 amide bonds. The van der Waals surface area contributed by atoms with E-state index >= 15 is 0 Å². The molecule has 0 saturated carbocycles. The predicted molar refractivity (Wildman–Crippen MR) is 67.4 cm³/mol. The molecule has 1 N–H and O–H groups in total. The summed E-state index contributed by atoms with van der Waals surface area (Å²) in [5.41, 5.74) is 0.927. The molecule has 94 valence electrons. The third-order valence-corrected chi connectivity index (χ3v) is 2.86. The minimum atomic E-state index is -0.737. The number of nitrogens with one attached hydrogen (secondary N) is 1. The number of amides is 4. The van der Waals surface area contributed by atoms with Gasteiger partial charge in [0.25, 0.3) is 0 Å². The van der Waals surface area contributed by atoms with Crippen LogP contribution in [0.2, 0.25) is 0 Å². The van der Waals surface area contributed by atoms with Crippen LogP contribution in [0.15, 0.2) is 36.5 Å². The van der Waals surface area contributed by atoms with Crippen molar-refractivity contribution in [3.8, 4) is 0 Å². The van der Waals surface area contributed by atoms with Crippen molar-refractivity contribution < 1.29 is 14.4 Å². The molecule has 2 aromatic rings. The van der Waals surface area contributed by atoms with E-state index in [4.69, 9.17) is 0 Å². The van der Waals surface area contributed by atoms with Crippen LogP contribution in [0.25, 0.3) is 10.9 Å². The molecule has 0 unspecified atom stereocenters. The Morgan fingerprint density at radius 1 is 1.11 bits per heavy atom. The monoisotopic (exact) mass is 255 g/mol. The Morgan fingerprint density at radius 2 is 1.89 bits per heavy atom. The number of carbonyl (C=O) groups is 3. The molecule has 1 saturated heterocycles. The second-order valence-electron chi connectivity index (χ2n) is 4.11. The lowest BCUT2D eigenvalue weighted by Gasteiger charge is -2.25. The summed E-state index contributed by atoms with van der Waals surface area (Å²) in [4.78, 5) is 40.0. The summed E-state index contributed by atoms with van der Waals surface area (Å²) in [6, 6.07) is 8.07. The van der Waals surface area contributed by atoms with Gasteiger partial charge in [-0.15, -0.1) is 0 Å². The van der Waals surface area contributed by atoms with Crippen LogP contribution in [0.3, 0.4) is 0 Å². The maximum atomic E-state index is 11.9. The third-order valence-electron chi connectivity index (χ3n) is 2.86. The number of hydrogen-bond acceptors (Lipinski definition) is 4. The molecule has 19 heavy (non-hydrogen) atoms. The van der Waals surface area contributed by atoms with Gasteiger partial charge < -0.3 is 0 Å². The maximum Gasteiger partial charge on any atom is 0.335 e. The average Bonchev–Trinajstić information content (AvgIpc) is 2.38. The first kappa shape index (κ1) is 11.3. The molecular weight excluding hydrogens is 246 g/mol. The second kappa shape index (κ2) is 4.16. The molecule has 3 rings (SSSR count). The predicted octanol–water partition coefficient (Wildman–Crippen LogP) is 1.21. The lowest BCUT2D eigenvalue weighted by molar-refractivity contribution is -0.128. The van der Waals surface area contributed by atoms with Gasteiger partial charge in [-0.1, -0.05) is 18.2 Å². The highest BCUT2D eigenvalue weighted by molar-refractivity contribution is 6.27. The number of aromatic nitrogens is 1. The number of nitrogens with zero attached hydrogens (tertiary/aromatic N) is 2. The normalized spacial score (nSPS) is 15.8. The Kier molecular flexibility index (Phi) is 2.49. The van der Waals surface area contributed by atoms with Gasteiger partial charge in [0.05, 0.1) is 11.2 Å². The minimum absolute atomic E-state index is 0.338. The lowest BCUT2D eigenvalue weighted by Crippen LogP contribution is -2.53. The molecule has 1 aromatic heterocycles. The zero-order valence-corrected chi connectivity index (χ0v) is 9.79. The van der Waals surface area contributed by atoms with Crippen LogP contribution < -0.4 is 10.2 Å². The van der Waals surface area contributed by atoms with Gasteiger partial charge in [0.2, 0.25) is 11.8 Å². The van der Waals surface area contributed by atoms with E-state index in [1.165, 1.54) is 0 Å². The number of anilines is 1. The van der Waals surface area contributed by atoms with Crippen molar-refractivity contribution in [2.45, 2.75) is 6.42 Å². The largest absolute Gasteiger partial charge is 0.335 e. The number of benzene rings is 1. The van der Waals surface area contributed by atoms with Crippen LogP contribution in [-0.4, -0.2) is 22.8 Å².